The van der Waals surface area contributed by atoms with Gasteiger partial charge in [-0.3, -0.25) is 9.78 Å². The number of nitrogens with zero attached hydrogens (tertiary/aromatic N) is 1. The Morgan fingerprint density at radius 2 is 2.04 bits per heavy atom. The monoisotopic (exact) mass is 342 g/mol. The van der Waals surface area contributed by atoms with E-state index in [0.29, 0.717) is 35.4 Å². The number of aliphatic carboxylic acids is 1. The van der Waals surface area contributed by atoms with Crippen LogP contribution in [0.15, 0.2) is 42.6 Å². The third kappa shape index (κ3) is 4.15. The summed E-state index contributed by atoms with van der Waals surface area (Å²) in [6.45, 7) is 3.39. The van der Waals surface area contributed by atoms with E-state index in [9.17, 15) is 14.7 Å². The van der Waals surface area contributed by atoms with Gasteiger partial charge in [0.25, 0.3) is 5.91 Å². The highest BCUT2D eigenvalue weighted by atomic mass is 16.5. The molecule has 1 atom stereocenters. The maximum absolute atomic E-state index is 12.6. The molecule has 1 aromatic carbocycles. The molecule has 0 saturated heterocycles. The Morgan fingerprint density at radius 3 is 2.60 bits per heavy atom. The molecule has 0 bridgehead atoms. The van der Waals surface area contributed by atoms with Crippen molar-refractivity contribution in [3.8, 4) is 17.0 Å². The van der Waals surface area contributed by atoms with Gasteiger partial charge in [-0.1, -0.05) is 19.4 Å². The van der Waals surface area contributed by atoms with Gasteiger partial charge < -0.3 is 15.2 Å². The average molecular weight is 342 g/mol. The molecular weight excluding hydrogens is 320 g/mol. The molecular formula is C19H22N2O4. The van der Waals surface area contributed by atoms with Crippen LogP contribution in [0.2, 0.25) is 0 Å². The normalized spacial score (nSPS) is 12.9. The summed E-state index contributed by atoms with van der Waals surface area (Å²) in [6, 6.07) is 10.4. The van der Waals surface area contributed by atoms with Crippen LogP contribution >= 0.6 is 0 Å². The summed E-state index contributed by atoms with van der Waals surface area (Å²) in [5, 5.41) is 12.1. The van der Waals surface area contributed by atoms with Gasteiger partial charge >= 0.3 is 5.97 Å². The molecule has 2 rings (SSSR count). The number of rotatable bonds is 7. The zero-order valence-electron chi connectivity index (χ0n) is 14.6. The van der Waals surface area contributed by atoms with Crippen LogP contribution in [0.25, 0.3) is 11.3 Å². The summed E-state index contributed by atoms with van der Waals surface area (Å²) in [5.74, 6) is -0.913. The SMILES string of the molecule is CCCC(C)(NC(=O)c1ccc(OC)c(-c2ccccn2)c1)C(=O)O. The van der Waals surface area contributed by atoms with Gasteiger partial charge in [-0.2, -0.15) is 0 Å². The first-order valence-corrected chi connectivity index (χ1v) is 8.06. The molecule has 1 amide bonds. The first kappa shape index (κ1) is 18.4. The number of ether oxygens (including phenoxy) is 1. The van der Waals surface area contributed by atoms with E-state index < -0.39 is 17.4 Å². The minimum absolute atomic E-state index is 0.345. The molecule has 25 heavy (non-hydrogen) atoms. The van der Waals surface area contributed by atoms with E-state index in [-0.39, 0.29) is 0 Å². The molecule has 0 spiro atoms. The van der Waals surface area contributed by atoms with Crippen molar-refractivity contribution in [3.63, 3.8) is 0 Å². The number of carbonyl (C=O) groups is 2. The molecule has 1 aromatic heterocycles. The summed E-state index contributed by atoms with van der Waals surface area (Å²) in [5.41, 5.74) is 0.383. The van der Waals surface area contributed by atoms with E-state index in [1.807, 2.05) is 19.1 Å². The van der Waals surface area contributed by atoms with Gasteiger partial charge in [-0.25, -0.2) is 4.79 Å². The highest BCUT2D eigenvalue weighted by Crippen LogP contribution is 2.29. The Kier molecular flexibility index (Phi) is 5.75. The van der Waals surface area contributed by atoms with Gasteiger partial charge in [0.1, 0.15) is 11.3 Å². The Morgan fingerprint density at radius 1 is 1.28 bits per heavy atom. The lowest BCUT2D eigenvalue weighted by molar-refractivity contribution is -0.144. The molecule has 0 radical (unpaired) electrons. The quantitative estimate of drug-likeness (QED) is 0.807. The summed E-state index contributed by atoms with van der Waals surface area (Å²) < 4.78 is 5.35. The van der Waals surface area contributed by atoms with Gasteiger partial charge in [0.2, 0.25) is 0 Å². The molecule has 1 heterocycles. The second-order valence-electron chi connectivity index (χ2n) is 5.97. The number of hydrogen-bond donors (Lipinski definition) is 2. The van der Waals surface area contributed by atoms with Crippen LogP contribution in [0, 0.1) is 0 Å². The van der Waals surface area contributed by atoms with Crippen LogP contribution in [-0.2, 0) is 4.79 Å². The van der Waals surface area contributed by atoms with Crippen LogP contribution in [0.3, 0.4) is 0 Å². The highest BCUT2D eigenvalue weighted by Gasteiger charge is 2.34. The van der Waals surface area contributed by atoms with Gasteiger partial charge in [-0.05, 0) is 43.7 Å². The predicted molar refractivity (Wildman–Crippen MR) is 94.6 cm³/mol. The van der Waals surface area contributed by atoms with Crippen molar-refractivity contribution in [2.24, 2.45) is 0 Å². The van der Waals surface area contributed by atoms with Crippen molar-refractivity contribution in [1.82, 2.24) is 10.3 Å². The number of aromatic nitrogens is 1. The minimum atomic E-state index is -1.31. The molecule has 0 saturated carbocycles. The van der Waals surface area contributed by atoms with Crippen LogP contribution in [-0.4, -0.2) is 34.6 Å². The van der Waals surface area contributed by atoms with Crippen molar-refractivity contribution < 1.29 is 19.4 Å². The Bertz CT molecular complexity index is 761. The highest BCUT2D eigenvalue weighted by molar-refractivity contribution is 5.99. The number of benzene rings is 1. The predicted octanol–water partition coefficient (Wildman–Crippen LogP) is 3.13. The lowest BCUT2D eigenvalue weighted by atomic mass is 9.95. The van der Waals surface area contributed by atoms with E-state index in [1.54, 1.807) is 37.6 Å². The number of carbonyl (C=O) groups excluding carboxylic acids is 1. The number of nitrogens with one attached hydrogen (secondary N) is 1. The van der Waals surface area contributed by atoms with E-state index in [4.69, 9.17) is 4.74 Å². The fourth-order valence-electron chi connectivity index (χ4n) is 2.62. The molecule has 2 aromatic rings. The summed E-state index contributed by atoms with van der Waals surface area (Å²) in [4.78, 5) is 28.4. The average Bonchev–Trinajstić information content (AvgIpc) is 2.61. The molecule has 0 aliphatic carbocycles. The molecule has 0 aliphatic heterocycles. The van der Waals surface area contributed by atoms with Gasteiger partial charge in [-0.15, -0.1) is 0 Å². The molecule has 1 unspecified atom stereocenters. The zero-order valence-corrected chi connectivity index (χ0v) is 14.6. The van der Waals surface area contributed by atoms with Crippen LogP contribution in [0.1, 0.15) is 37.0 Å². The van der Waals surface area contributed by atoms with E-state index >= 15 is 0 Å². The van der Waals surface area contributed by atoms with E-state index in [1.165, 1.54) is 6.92 Å². The van der Waals surface area contributed by atoms with Crippen molar-refractivity contribution in [3.05, 3.63) is 48.2 Å². The molecule has 0 fully saturated rings. The fourth-order valence-corrected chi connectivity index (χ4v) is 2.62. The van der Waals surface area contributed by atoms with Crippen LogP contribution in [0.4, 0.5) is 0 Å². The van der Waals surface area contributed by atoms with E-state index in [2.05, 4.69) is 10.3 Å². The number of carboxylic acids is 1. The van der Waals surface area contributed by atoms with Crippen molar-refractivity contribution in [1.29, 1.82) is 0 Å². The van der Waals surface area contributed by atoms with Crippen molar-refractivity contribution in [2.45, 2.75) is 32.2 Å². The summed E-state index contributed by atoms with van der Waals surface area (Å²) >= 11 is 0. The van der Waals surface area contributed by atoms with Crippen molar-refractivity contribution in [2.75, 3.05) is 7.11 Å². The summed E-state index contributed by atoms with van der Waals surface area (Å²) in [6.07, 6.45) is 2.65. The minimum Gasteiger partial charge on any atom is -0.496 e. The Hall–Kier alpha value is -2.89. The molecule has 6 nitrogen and oxygen atoms in total. The third-order valence-electron chi connectivity index (χ3n) is 4.01. The molecule has 132 valence electrons. The number of hydrogen-bond acceptors (Lipinski definition) is 4. The first-order valence-electron chi connectivity index (χ1n) is 8.06. The number of amides is 1. The maximum atomic E-state index is 12.6. The van der Waals surface area contributed by atoms with Gasteiger partial charge in [0, 0.05) is 17.3 Å². The standard InChI is InChI=1S/C19H22N2O4/c1-4-10-19(2,18(23)24)21-17(22)13-8-9-16(25-3)14(12-13)15-7-5-6-11-20-15/h5-9,11-12H,4,10H2,1-3H3,(H,21,22)(H,23,24). The largest absolute Gasteiger partial charge is 0.496 e. The molecule has 0 aliphatic rings. The van der Waals surface area contributed by atoms with E-state index in [0.717, 1.165) is 0 Å². The lowest BCUT2D eigenvalue weighted by Gasteiger charge is -2.26. The fraction of sp³-hybridized carbons (Fsp3) is 0.316. The topological polar surface area (TPSA) is 88.5 Å². The summed E-state index contributed by atoms with van der Waals surface area (Å²) in [7, 11) is 1.55. The Balaban J connectivity index is 2.37. The third-order valence-corrected chi connectivity index (χ3v) is 4.01. The second-order valence-corrected chi connectivity index (χ2v) is 5.97. The van der Waals surface area contributed by atoms with Crippen LogP contribution in [0.5, 0.6) is 5.75 Å². The van der Waals surface area contributed by atoms with Gasteiger partial charge in [0.05, 0.1) is 12.8 Å². The Labute approximate surface area is 146 Å². The van der Waals surface area contributed by atoms with Gasteiger partial charge in [0.15, 0.2) is 0 Å². The zero-order chi connectivity index (χ0) is 18.4. The first-order chi connectivity index (χ1) is 11.9. The molecule has 6 heteroatoms. The molecule has 2 N–H and O–H groups in total. The number of carboxylic acid groups (broad SMARTS) is 1. The second kappa shape index (κ2) is 7.79. The number of pyridine rings is 1. The number of methoxy groups -OCH3 is 1. The van der Waals surface area contributed by atoms with Crippen LogP contribution < -0.4 is 10.1 Å². The van der Waals surface area contributed by atoms with Crippen molar-refractivity contribution >= 4 is 11.9 Å². The maximum Gasteiger partial charge on any atom is 0.329 e. The smallest absolute Gasteiger partial charge is 0.329 e. The lowest BCUT2D eigenvalue weighted by Crippen LogP contribution is -2.52.